The summed E-state index contributed by atoms with van der Waals surface area (Å²) in [5.74, 6) is 2.98. The van der Waals surface area contributed by atoms with E-state index in [-0.39, 0.29) is 0 Å². The summed E-state index contributed by atoms with van der Waals surface area (Å²) in [5.41, 5.74) is 6.85. The Labute approximate surface area is 206 Å². The van der Waals surface area contributed by atoms with E-state index < -0.39 is 0 Å². The fourth-order valence-corrected chi connectivity index (χ4v) is 5.27. The van der Waals surface area contributed by atoms with Gasteiger partial charge in [-0.15, -0.1) is 0 Å². The molecule has 2 heterocycles. The first-order chi connectivity index (χ1) is 17.1. The van der Waals surface area contributed by atoms with Gasteiger partial charge < -0.3 is 14.2 Å². The zero-order valence-corrected chi connectivity index (χ0v) is 20.4. The fourth-order valence-electron chi connectivity index (χ4n) is 5.27. The number of amides is 1. The topological polar surface area (TPSA) is 47.4 Å². The number of aromatic nitrogens is 2. The first-order valence-corrected chi connectivity index (χ1v) is 12.6. The zero-order chi connectivity index (χ0) is 23.9. The van der Waals surface area contributed by atoms with Gasteiger partial charge in [-0.3, -0.25) is 4.79 Å². The second-order valence-electron chi connectivity index (χ2n) is 10.1. The summed E-state index contributed by atoms with van der Waals surface area (Å²) in [7, 11) is 1.69. The Bertz CT molecular complexity index is 1370. The molecule has 1 aliphatic heterocycles. The predicted molar refractivity (Wildman–Crippen MR) is 139 cm³/mol. The summed E-state index contributed by atoms with van der Waals surface area (Å²) >= 11 is 0. The molecule has 1 aliphatic carbocycles. The number of hydrogen-bond donors (Lipinski definition) is 0. The summed E-state index contributed by atoms with van der Waals surface area (Å²) in [6, 6.07) is 23.3. The quantitative estimate of drug-likeness (QED) is 0.354. The van der Waals surface area contributed by atoms with Gasteiger partial charge in [0, 0.05) is 31.1 Å². The highest BCUT2D eigenvalue weighted by atomic mass is 16.5. The van der Waals surface area contributed by atoms with Crippen LogP contribution >= 0.6 is 0 Å². The van der Waals surface area contributed by atoms with E-state index >= 15 is 0 Å². The highest BCUT2D eigenvalue weighted by Crippen LogP contribution is 2.34. The number of carbonyl (C=O) groups is 1. The Hall–Kier alpha value is -3.60. The lowest BCUT2D eigenvalue weighted by Crippen LogP contribution is -2.30. The third kappa shape index (κ3) is 4.31. The molecule has 35 heavy (non-hydrogen) atoms. The number of fused-ring (bicyclic) bond motifs is 1. The number of carbonyl (C=O) groups excluding carboxylic acids is 1. The van der Waals surface area contributed by atoms with Gasteiger partial charge in [0.15, 0.2) is 0 Å². The van der Waals surface area contributed by atoms with E-state index in [2.05, 4.69) is 71.0 Å². The first-order valence-electron chi connectivity index (χ1n) is 12.6. The molecule has 5 nitrogen and oxygen atoms in total. The highest BCUT2D eigenvalue weighted by Gasteiger charge is 2.36. The number of imidazole rings is 1. The SMILES string of the molecule is COc1ccc(-c2ccc(-c3nc4cc(C)ccc4n3C[C@H]3CCN(C(=O)C4CC4)C3)cc2)cc1. The lowest BCUT2D eigenvalue weighted by molar-refractivity contribution is -0.131. The lowest BCUT2D eigenvalue weighted by Gasteiger charge is -2.18. The molecular formula is C30H31N3O2. The van der Waals surface area contributed by atoms with Crippen molar-refractivity contribution in [3.63, 3.8) is 0 Å². The van der Waals surface area contributed by atoms with Crippen molar-refractivity contribution in [3.05, 3.63) is 72.3 Å². The van der Waals surface area contributed by atoms with E-state index in [9.17, 15) is 4.79 Å². The molecule has 1 saturated carbocycles. The molecule has 0 unspecified atom stereocenters. The standard InChI is InChI=1S/C30H31N3O2/c1-20-3-14-28-27(17-20)31-29(33(28)19-21-15-16-32(18-21)30(34)25-8-9-25)24-6-4-22(5-7-24)23-10-12-26(35-2)13-11-23/h3-7,10-14,17,21,25H,8-9,15-16,18-19H2,1-2H3/t21-/m0/s1. The van der Waals surface area contributed by atoms with Crippen molar-refractivity contribution in [3.8, 4) is 28.3 Å². The fraction of sp³-hybridized carbons (Fsp3) is 0.333. The van der Waals surface area contributed by atoms with Crippen molar-refractivity contribution >= 4 is 16.9 Å². The van der Waals surface area contributed by atoms with E-state index in [1.807, 2.05) is 12.1 Å². The molecule has 1 saturated heterocycles. The maximum atomic E-state index is 12.6. The van der Waals surface area contributed by atoms with E-state index in [0.717, 1.165) is 72.6 Å². The minimum atomic E-state index is 0.297. The Kier molecular flexibility index (Phi) is 5.56. The van der Waals surface area contributed by atoms with Crippen LogP contribution in [0.2, 0.25) is 0 Å². The summed E-state index contributed by atoms with van der Waals surface area (Å²) in [6.45, 7) is 4.73. The van der Waals surface area contributed by atoms with Gasteiger partial charge in [0.25, 0.3) is 0 Å². The van der Waals surface area contributed by atoms with Crippen molar-refractivity contribution in [1.82, 2.24) is 14.5 Å². The van der Waals surface area contributed by atoms with Crippen LogP contribution in [0.15, 0.2) is 66.7 Å². The minimum absolute atomic E-state index is 0.297. The largest absolute Gasteiger partial charge is 0.497 e. The molecule has 1 aromatic heterocycles. The van der Waals surface area contributed by atoms with E-state index in [1.165, 1.54) is 11.1 Å². The molecule has 2 aliphatic rings. The number of aryl methyl sites for hydroxylation is 1. The highest BCUT2D eigenvalue weighted by molar-refractivity contribution is 5.82. The van der Waals surface area contributed by atoms with Gasteiger partial charge >= 0.3 is 0 Å². The Morgan fingerprint density at radius 2 is 1.63 bits per heavy atom. The van der Waals surface area contributed by atoms with Crippen LogP contribution < -0.4 is 4.74 Å². The molecular weight excluding hydrogens is 434 g/mol. The summed E-state index contributed by atoms with van der Waals surface area (Å²) < 4.78 is 7.66. The molecule has 0 bridgehead atoms. The van der Waals surface area contributed by atoms with Crippen molar-refractivity contribution in [2.45, 2.75) is 32.7 Å². The first kappa shape index (κ1) is 21.9. The summed E-state index contributed by atoms with van der Waals surface area (Å²) in [5, 5.41) is 0. The smallest absolute Gasteiger partial charge is 0.225 e. The van der Waals surface area contributed by atoms with Gasteiger partial charge in [-0.25, -0.2) is 4.98 Å². The van der Waals surface area contributed by atoms with Crippen LogP contribution in [0.3, 0.4) is 0 Å². The zero-order valence-electron chi connectivity index (χ0n) is 20.4. The van der Waals surface area contributed by atoms with E-state index in [1.54, 1.807) is 7.11 Å². The van der Waals surface area contributed by atoms with Crippen molar-refractivity contribution in [2.75, 3.05) is 20.2 Å². The Morgan fingerprint density at radius 1 is 0.943 bits per heavy atom. The average molecular weight is 466 g/mol. The number of rotatable bonds is 6. The molecule has 6 rings (SSSR count). The molecule has 0 N–H and O–H groups in total. The van der Waals surface area contributed by atoms with Gasteiger partial charge in [-0.2, -0.15) is 0 Å². The van der Waals surface area contributed by atoms with Gasteiger partial charge in [-0.1, -0.05) is 42.5 Å². The number of hydrogen-bond acceptors (Lipinski definition) is 3. The third-order valence-electron chi connectivity index (χ3n) is 7.44. The van der Waals surface area contributed by atoms with Crippen LogP contribution in [0.4, 0.5) is 0 Å². The van der Waals surface area contributed by atoms with Crippen molar-refractivity contribution < 1.29 is 9.53 Å². The average Bonchev–Trinajstić information content (AvgIpc) is 3.54. The van der Waals surface area contributed by atoms with Gasteiger partial charge in [0.2, 0.25) is 5.91 Å². The van der Waals surface area contributed by atoms with Crippen LogP contribution in [0.25, 0.3) is 33.5 Å². The molecule has 3 aromatic carbocycles. The molecule has 0 radical (unpaired) electrons. The number of ether oxygens (including phenoxy) is 1. The van der Waals surface area contributed by atoms with E-state index in [4.69, 9.17) is 9.72 Å². The molecule has 1 amide bonds. The van der Waals surface area contributed by atoms with Crippen LogP contribution in [0.1, 0.15) is 24.8 Å². The van der Waals surface area contributed by atoms with Gasteiger partial charge in [-0.05, 0) is 73.1 Å². The van der Waals surface area contributed by atoms with Crippen molar-refractivity contribution in [2.24, 2.45) is 11.8 Å². The Balaban J connectivity index is 1.30. The molecule has 5 heteroatoms. The number of methoxy groups -OCH3 is 1. The number of likely N-dealkylation sites (tertiary alicyclic amines) is 1. The summed E-state index contributed by atoms with van der Waals surface area (Å²) in [6.07, 6.45) is 3.20. The molecule has 2 fully saturated rings. The maximum Gasteiger partial charge on any atom is 0.225 e. The second-order valence-corrected chi connectivity index (χ2v) is 10.1. The summed E-state index contributed by atoms with van der Waals surface area (Å²) in [4.78, 5) is 19.7. The van der Waals surface area contributed by atoms with Crippen LogP contribution in [0, 0.1) is 18.8 Å². The van der Waals surface area contributed by atoms with E-state index in [0.29, 0.717) is 17.7 Å². The molecule has 178 valence electrons. The molecule has 0 spiro atoms. The Morgan fingerprint density at radius 3 is 2.31 bits per heavy atom. The maximum absolute atomic E-state index is 12.6. The monoisotopic (exact) mass is 465 g/mol. The third-order valence-corrected chi connectivity index (χ3v) is 7.44. The molecule has 4 aromatic rings. The lowest BCUT2D eigenvalue weighted by atomic mass is 10.0. The van der Waals surface area contributed by atoms with Crippen LogP contribution in [-0.2, 0) is 11.3 Å². The molecule has 1 atom stereocenters. The number of benzene rings is 3. The normalized spacial score (nSPS) is 17.8. The van der Waals surface area contributed by atoms with Crippen LogP contribution in [-0.4, -0.2) is 40.6 Å². The van der Waals surface area contributed by atoms with Crippen molar-refractivity contribution in [1.29, 1.82) is 0 Å². The second kappa shape index (κ2) is 8.88. The predicted octanol–water partition coefficient (Wildman–Crippen LogP) is 5.95. The van der Waals surface area contributed by atoms with Gasteiger partial charge in [0.05, 0.1) is 18.1 Å². The number of nitrogens with zero attached hydrogens (tertiary/aromatic N) is 3. The van der Waals surface area contributed by atoms with Gasteiger partial charge in [0.1, 0.15) is 11.6 Å². The minimum Gasteiger partial charge on any atom is -0.497 e. The van der Waals surface area contributed by atoms with Crippen LogP contribution in [0.5, 0.6) is 5.75 Å².